The SMILES string of the molecule is Nc1cc(C(F)(F)F)c(C(F)(F)F)nc1C(=O)O. The summed E-state index contributed by atoms with van der Waals surface area (Å²) in [7, 11) is 0. The fourth-order valence-electron chi connectivity index (χ4n) is 1.13. The van der Waals surface area contributed by atoms with Gasteiger partial charge in [-0.25, -0.2) is 9.78 Å². The van der Waals surface area contributed by atoms with Crippen LogP contribution in [-0.2, 0) is 12.4 Å². The smallest absolute Gasteiger partial charge is 0.433 e. The lowest BCUT2D eigenvalue weighted by Gasteiger charge is -2.15. The molecule has 1 rings (SSSR count). The van der Waals surface area contributed by atoms with Crippen LogP contribution >= 0.6 is 0 Å². The number of nitrogen functional groups attached to an aromatic ring is 1. The average molecular weight is 274 g/mol. The Morgan fingerprint density at radius 2 is 1.67 bits per heavy atom. The molecule has 0 amide bonds. The largest absolute Gasteiger partial charge is 0.476 e. The van der Waals surface area contributed by atoms with E-state index in [0.717, 1.165) is 0 Å². The summed E-state index contributed by atoms with van der Waals surface area (Å²) >= 11 is 0. The van der Waals surface area contributed by atoms with E-state index in [1.54, 1.807) is 0 Å². The third-order valence-corrected chi connectivity index (χ3v) is 1.83. The molecule has 0 saturated heterocycles. The molecule has 0 spiro atoms. The molecule has 0 aromatic carbocycles. The lowest BCUT2D eigenvalue weighted by Crippen LogP contribution is -2.21. The van der Waals surface area contributed by atoms with Crippen molar-refractivity contribution < 1.29 is 36.2 Å². The summed E-state index contributed by atoms with van der Waals surface area (Å²) in [6, 6.07) is -0.0979. The number of pyridine rings is 1. The van der Waals surface area contributed by atoms with Gasteiger partial charge in [0, 0.05) is 0 Å². The maximum Gasteiger partial charge on any atom is 0.433 e. The summed E-state index contributed by atoms with van der Waals surface area (Å²) in [6.07, 6.45) is -10.8. The van der Waals surface area contributed by atoms with Crippen LogP contribution in [0.3, 0.4) is 0 Å². The maximum atomic E-state index is 12.4. The van der Waals surface area contributed by atoms with Gasteiger partial charge < -0.3 is 10.8 Å². The topological polar surface area (TPSA) is 76.2 Å². The van der Waals surface area contributed by atoms with Crippen LogP contribution in [0, 0.1) is 0 Å². The summed E-state index contributed by atoms with van der Waals surface area (Å²) in [4.78, 5) is 12.9. The third kappa shape index (κ3) is 2.63. The van der Waals surface area contributed by atoms with Crippen LogP contribution < -0.4 is 5.73 Å². The van der Waals surface area contributed by atoms with Gasteiger partial charge >= 0.3 is 18.3 Å². The zero-order valence-electron chi connectivity index (χ0n) is 8.23. The van der Waals surface area contributed by atoms with E-state index in [2.05, 4.69) is 4.98 Å². The number of rotatable bonds is 1. The lowest BCUT2D eigenvalue weighted by atomic mass is 10.1. The summed E-state index contributed by atoms with van der Waals surface area (Å²) in [5, 5.41) is 8.46. The zero-order valence-corrected chi connectivity index (χ0v) is 8.23. The highest BCUT2D eigenvalue weighted by atomic mass is 19.4. The number of nitrogens with two attached hydrogens (primary N) is 1. The van der Waals surface area contributed by atoms with Crippen molar-refractivity contribution in [2.45, 2.75) is 12.4 Å². The summed E-state index contributed by atoms with van der Waals surface area (Å²) in [5.74, 6) is -1.95. The predicted molar refractivity (Wildman–Crippen MR) is 45.6 cm³/mol. The molecule has 1 aromatic rings. The number of nitrogens with zero attached hydrogens (tertiary/aromatic N) is 1. The number of aromatic carboxylic acids is 1. The van der Waals surface area contributed by atoms with Gasteiger partial charge in [-0.05, 0) is 6.07 Å². The molecule has 0 radical (unpaired) electrons. The highest BCUT2D eigenvalue weighted by Crippen LogP contribution is 2.40. The number of carbonyl (C=O) groups is 1. The first-order chi connectivity index (χ1) is 7.94. The van der Waals surface area contributed by atoms with E-state index < -0.39 is 41.0 Å². The molecule has 0 unspecified atom stereocenters. The molecular weight excluding hydrogens is 270 g/mol. The summed E-state index contributed by atoms with van der Waals surface area (Å²) < 4.78 is 74.1. The van der Waals surface area contributed by atoms with Crippen molar-refractivity contribution in [3.8, 4) is 0 Å². The van der Waals surface area contributed by atoms with E-state index in [1.165, 1.54) is 0 Å². The number of anilines is 1. The predicted octanol–water partition coefficient (Wildman–Crippen LogP) is 2.40. The Labute approximate surface area is 95.0 Å². The summed E-state index contributed by atoms with van der Waals surface area (Å²) in [6.45, 7) is 0. The number of alkyl halides is 6. The Balaban J connectivity index is 3.64. The van der Waals surface area contributed by atoms with Crippen molar-refractivity contribution in [2.75, 3.05) is 5.73 Å². The van der Waals surface area contributed by atoms with E-state index in [0.29, 0.717) is 0 Å². The normalized spacial score (nSPS) is 12.6. The van der Waals surface area contributed by atoms with Crippen molar-refractivity contribution in [2.24, 2.45) is 0 Å². The quantitative estimate of drug-likeness (QED) is 0.771. The molecule has 10 heteroatoms. The van der Waals surface area contributed by atoms with Gasteiger partial charge in [0.2, 0.25) is 0 Å². The molecule has 1 aromatic heterocycles. The fraction of sp³-hybridized carbons (Fsp3) is 0.250. The van der Waals surface area contributed by atoms with Crippen LogP contribution in [0.5, 0.6) is 0 Å². The monoisotopic (exact) mass is 274 g/mol. The highest BCUT2D eigenvalue weighted by Gasteiger charge is 2.45. The first-order valence-corrected chi connectivity index (χ1v) is 4.12. The van der Waals surface area contributed by atoms with Gasteiger partial charge in [0.05, 0.1) is 11.3 Å². The van der Waals surface area contributed by atoms with E-state index in [4.69, 9.17) is 10.8 Å². The number of hydrogen-bond acceptors (Lipinski definition) is 3. The minimum Gasteiger partial charge on any atom is -0.476 e. The Bertz CT molecular complexity index is 494. The lowest BCUT2D eigenvalue weighted by molar-refractivity contribution is -0.164. The van der Waals surface area contributed by atoms with Crippen LogP contribution in [0.2, 0.25) is 0 Å². The molecule has 0 aliphatic carbocycles. The van der Waals surface area contributed by atoms with Crippen molar-refractivity contribution in [1.82, 2.24) is 4.98 Å². The Morgan fingerprint density at radius 1 is 1.17 bits per heavy atom. The van der Waals surface area contributed by atoms with Crippen molar-refractivity contribution >= 4 is 11.7 Å². The molecule has 0 fully saturated rings. The van der Waals surface area contributed by atoms with Crippen molar-refractivity contribution in [3.05, 3.63) is 23.0 Å². The Hall–Kier alpha value is -2.00. The van der Waals surface area contributed by atoms with Crippen LogP contribution in [0.1, 0.15) is 21.7 Å². The standard InChI is InChI=1S/C8H4F6N2O2/c9-7(10,11)2-1-3(15)4(6(17)18)16-5(2)8(12,13)14/h1H,15H2,(H,17,18). The Morgan fingerprint density at radius 3 is 2.00 bits per heavy atom. The second-order valence-electron chi connectivity index (χ2n) is 3.12. The maximum absolute atomic E-state index is 12.4. The van der Waals surface area contributed by atoms with E-state index in [9.17, 15) is 31.1 Å². The fourth-order valence-corrected chi connectivity index (χ4v) is 1.13. The van der Waals surface area contributed by atoms with Crippen molar-refractivity contribution in [3.63, 3.8) is 0 Å². The van der Waals surface area contributed by atoms with Gasteiger partial charge in [0.1, 0.15) is 0 Å². The molecule has 0 saturated carbocycles. The summed E-state index contributed by atoms with van der Waals surface area (Å²) in [5.41, 5.74) is -1.82. The van der Waals surface area contributed by atoms with Crippen LogP contribution in [0.25, 0.3) is 0 Å². The molecular formula is C8H4F6N2O2. The van der Waals surface area contributed by atoms with Crippen LogP contribution in [0.4, 0.5) is 32.0 Å². The van der Waals surface area contributed by atoms with Gasteiger partial charge in [-0.15, -0.1) is 0 Å². The molecule has 0 aliphatic rings. The number of hydrogen-bond donors (Lipinski definition) is 2. The van der Waals surface area contributed by atoms with E-state index in [-0.39, 0.29) is 6.07 Å². The molecule has 0 atom stereocenters. The van der Waals surface area contributed by atoms with Gasteiger partial charge in [-0.2, -0.15) is 26.3 Å². The average Bonchev–Trinajstić information content (AvgIpc) is 2.13. The van der Waals surface area contributed by atoms with Gasteiger partial charge in [-0.1, -0.05) is 0 Å². The first kappa shape index (κ1) is 14.1. The zero-order chi connectivity index (χ0) is 14.3. The van der Waals surface area contributed by atoms with E-state index in [1.807, 2.05) is 0 Å². The highest BCUT2D eigenvalue weighted by molar-refractivity contribution is 5.91. The molecule has 100 valence electrons. The molecule has 4 nitrogen and oxygen atoms in total. The number of halogens is 6. The molecule has 1 heterocycles. The van der Waals surface area contributed by atoms with Crippen LogP contribution in [-0.4, -0.2) is 16.1 Å². The molecule has 0 bridgehead atoms. The third-order valence-electron chi connectivity index (χ3n) is 1.83. The number of aromatic nitrogens is 1. The van der Waals surface area contributed by atoms with Gasteiger partial charge in [0.25, 0.3) is 0 Å². The second-order valence-corrected chi connectivity index (χ2v) is 3.12. The van der Waals surface area contributed by atoms with Gasteiger partial charge in [0.15, 0.2) is 11.4 Å². The Kier molecular flexibility index (Phi) is 3.15. The number of carboxylic acids is 1. The molecule has 0 aliphatic heterocycles. The number of carboxylic acid groups (broad SMARTS) is 1. The molecule has 3 N–H and O–H groups in total. The van der Waals surface area contributed by atoms with E-state index >= 15 is 0 Å². The van der Waals surface area contributed by atoms with Crippen LogP contribution in [0.15, 0.2) is 6.07 Å². The van der Waals surface area contributed by atoms with Gasteiger partial charge in [-0.3, -0.25) is 0 Å². The molecule has 18 heavy (non-hydrogen) atoms. The second kappa shape index (κ2) is 4.03. The minimum absolute atomic E-state index is 0.0979. The van der Waals surface area contributed by atoms with Crippen molar-refractivity contribution in [1.29, 1.82) is 0 Å². The first-order valence-electron chi connectivity index (χ1n) is 4.12. The minimum atomic E-state index is -5.44.